The molecule has 9 aromatic carbocycles. The van der Waals surface area contributed by atoms with E-state index in [-0.39, 0.29) is 44.6 Å². The summed E-state index contributed by atoms with van der Waals surface area (Å²) < 4.78 is 2.75. The van der Waals surface area contributed by atoms with Crippen LogP contribution in [0.2, 0.25) is 0 Å². The molecule has 0 spiro atoms. The van der Waals surface area contributed by atoms with Crippen LogP contribution >= 0.6 is 0 Å². The molecule has 0 fully saturated rings. The first kappa shape index (κ1) is 58.7. The maximum absolute atomic E-state index is 2.75. The van der Waals surface area contributed by atoms with Crippen molar-refractivity contribution >= 4 is 85.2 Å². The third kappa shape index (κ3) is 9.28. The van der Waals surface area contributed by atoms with Gasteiger partial charge in [0.25, 0.3) is 6.71 Å². The quantitative estimate of drug-likeness (QED) is 0.148. The van der Waals surface area contributed by atoms with E-state index in [0.29, 0.717) is 0 Å². The van der Waals surface area contributed by atoms with Crippen molar-refractivity contribution in [3.63, 3.8) is 0 Å². The second kappa shape index (κ2) is 19.7. The zero-order valence-electron chi connectivity index (χ0n) is 56.6. The topological polar surface area (TPSA) is 14.7 Å². The van der Waals surface area contributed by atoms with Crippen molar-refractivity contribution in [1.82, 2.24) is 4.57 Å². The second-order valence-electron chi connectivity index (χ2n) is 32.7. The Hall–Kier alpha value is -8.02. The molecule has 0 radical (unpaired) electrons. The van der Waals surface area contributed by atoms with Crippen molar-refractivity contribution in [3.8, 4) is 16.8 Å². The van der Waals surface area contributed by atoms with Crippen LogP contribution in [-0.2, 0) is 37.9 Å². The summed E-state index contributed by atoms with van der Waals surface area (Å²) in [6, 6.07) is 71.8. The molecule has 89 heavy (non-hydrogen) atoms. The van der Waals surface area contributed by atoms with E-state index in [1.165, 1.54) is 111 Å². The first-order valence-corrected chi connectivity index (χ1v) is 32.9. The van der Waals surface area contributed by atoms with Crippen LogP contribution in [0, 0.1) is 6.92 Å². The summed E-state index contributed by atoms with van der Waals surface area (Å²) in [7, 11) is 0. The number of anilines is 9. The first-order chi connectivity index (χ1) is 41.8. The van der Waals surface area contributed by atoms with E-state index < -0.39 is 0 Å². The van der Waals surface area contributed by atoms with Gasteiger partial charge in [-0.05, 0) is 198 Å². The summed E-state index contributed by atoms with van der Waals surface area (Å²) in [4.78, 5) is 7.78. The highest BCUT2D eigenvalue weighted by molar-refractivity contribution is 7.00. The fourth-order valence-corrected chi connectivity index (χ4v) is 15.7. The highest BCUT2D eigenvalue weighted by Crippen LogP contribution is 2.57. The average Bonchev–Trinajstić information content (AvgIpc) is 1.58. The number of hydrogen-bond donors (Lipinski definition) is 0. The molecule has 1 aromatic heterocycles. The third-order valence-corrected chi connectivity index (χ3v) is 21.1. The number of benzene rings is 9. The van der Waals surface area contributed by atoms with E-state index in [1.54, 1.807) is 0 Å². The normalized spacial score (nSPS) is 15.9. The summed E-state index contributed by atoms with van der Waals surface area (Å²) >= 11 is 0. The Bertz CT molecular complexity index is 4370. The van der Waals surface area contributed by atoms with Crippen LogP contribution in [0.1, 0.15) is 188 Å². The van der Waals surface area contributed by atoms with Gasteiger partial charge >= 0.3 is 0 Å². The summed E-state index contributed by atoms with van der Waals surface area (Å²) in [6.07, 6.45) is 2.28. The number of nitrogens with zero attached hydrogens (tertiary/aromatic N) is 4. The Balaban J connectivity index is 1.12. The summed E-state index contributed by atoms with van der Waals surface area (Å²) in [5.74, 6) is 0. The summed E-state index contributed by atoms with van der Waals surface area (Å²) in [5.41, 5.74) is 31.6. The van der Waals surface area contributed by atoms with Gasteiger partial charge in [0.15, 0.2) is 0 Å². The van der Waals surface area contributed by atoms with Gasteiger partial charge in [-0.15, -0.1) is 0 Å². The van der Waals surface area contributed by atoms with E-state index in [1.807, 2.05) is 0 Å². The average molecular weight is 1170 g/mol. The van der Waals surface area contributed by atoms with Crippen LogP contribution in [0.5, 0.6) is 0 Å². The molecule has 0 saturated carbocycles. The zero-order chi connectivity index (χ0) is 63.0. The van der Waals surface area contributed by atoms with Gasteiger partial charge in [0.05, 0.1) is 5.69 Å². The monoisotopic (exact) mass is 1170 g/mol. The Kier molecular flexibility index (Phi) is 13.0. The van der Waals surface area contributed by atoms with Crippen molar-refractivity contribution in [1.29, 1.82) is 0 Å². The lowest BCUT2D eigenvalue weighted by Crippen LogP contribution is -2.60. The van der Waals surface area contributed by atoms with Gasteiger partial charge in [-0.25, -0.2) is 0 Å². The van der Waals surface area contributed by atoms with Crippen LogP contribution in [0.25, 0.3) is 27.7 Å². The lowest BCUT2D eigenvalue weighted by atomic mass is 9.33. The van der Waals surface area contributed by atoms with Gasteiger partial charge < -0.3 is 19.3 Å². The molecule has 3 heterocycles. The van der Waals surface area contributed by atoms with Crippen LogP contribution in [0.15, 0.2) is 182 Å². The van der Waals surface area contributed by atoms with Crippen molar-refractivity contribution < 1.29 is 0 Å². The fourth-order valence-electron chi connectivity index (χ4n) is 15.7. The molecule has 10 aromatic rings. The number of rotatable bonds is 7. The van der Waals surface area contributed by atoms with Crippen molar-refractivity contribution in [2.75, 3.05) is 14.7 Å². The maximum atomic E-state index is 2.75. The maximum Gasteiger partial charge on any atom is 0.252 e. The minimum absolute atomic E-state index is 0.00867. The van der Waals surface area contributed by atoms with E-state index in [2.05, 4.69) is 333 Å². The zero-order valence-corrected chi connectivity index (χ0v) is 56.6. The Labute approximate surface area is 532 Å². The Morgan fingerprint density at radius 1 is 0.393 bits per heavy atom. The lowest BCUT2D eigenvalue weighted by Gasteiger charge is -2.45. The molecule has 0 atom stereocenters. The van der Waals surface area contributed by atoms with Crippen LogP contribution in [0.4, 0.5) is 51.2 Å². The van der Waals surface area contributed by atoms with Crippen molar-refractivity contribution in [2.24, 2.45) is 0 Å². The molecule has 0 unspecified atom stereocenters. The second-order valence-corrected chi connectivity index (χ2v) is 32.7. The molecule has 0 bridgehead atoms. The van der Waals surface area contributed by atoms with Gasteiger partial charge in [-0.1, -0.05) is 228 Å². The van der Waals surface area contributed by atoms with Crippen LogP contribution in [-0.4, -0.2) is 11.3 Å². The number of fused-ring (bicyclic) bond motifs is 10. The molecule has 14 rings (SSSR count). The van der Waals surface area contributed by atoms with Gasteiger partial charge in [0.2, 0.25) is 0 Å². The van der Waals surface area contributed by atoms with Crippen LogP contribution in [0.3, 0.4) is 0 Å². The predicted octanol–water partition coefficient (Wildman–Crippen LogP) is 21.3. The molecule has 5 heteroatoms. The van der Waals surface area contributed by atoms with E-state index >= 15 is 0 Å². The Morgan fingerprint density at radius 3 is 1.33 bits per heavy atom. The van der Waals surface area contributed by atoms with E-state index in [4.69, 9.17) is 0 Å². The molecule has 0 saturated heterocycles. The predicted molar refractivity (Wildman–Crippen MR) is 384 cm³/mol. The van der Waals surface area contributed by atoms with E-state index in [0.717, 1.165) is 47.0 Å². The smallest absolute Gasteiger partial charge is 0.252 e. The van der Waals surface area contributed by atoms with Gasteiger partial charge in [-0.3, -0.25) is 0 Å². The number of aromatic nitrogens is 1. The van der Waals surface area contributed by atoms with Gasteiger partial charge in [0.1, 0.15) is 0 Å². The first-order valence-electron chi connectivity index (χ1n) is 32.9. The molecular weight excluding hydrogens is 1080 g/mol. The number of para-hydroxylation sites is 1. The SMILES string of the molecule is Cc1cc2c(cc1N1c3cc(N(c4ccc(C(C)(C)C)cc4)c4ccc(C(C)(C)C)cc4)ccc3B3c4c1cc(N(c1ccc(C(C)(C)C)cc1)c1ccc(C(C)(C)C)cc1)cc4-n1c4c(c5cccc3c51)-c1ccccc1C4(C)C)C(C)(C)CCC2(C)C. The minimum Gasteiger partial charge on any atom is -0.313 e. The van der Waals surface area contributed by atoms with Crippen LogP contribution < -0.4 is 31.1 Å². The van der Waals surface area contributed by atoms with Gasteiger partial charge in [-0.2, -0.15) is 0 Å². The fraction of sp³-hybridized carbons (Fsp3) is 0.333. The number of hydrogen-bond acceptors (Lipinski definition) is 3. The van der Waals surface area contributed by atoms with Crippen molar-refractivity contribution in [2.45, 2.75) is 182 Å². The molecule has 2 aliphatic heterocycles. The summed E-state index contributed by atoms with van der Waals surface area (Å²) in [6.45, 7) is 44.9. The molecule has 4 nitrogen and oxygen atoms in total. The minimum atomic E-state index is -0.294. The van der Waals surface area contributed by atoms with E-state index in [9.17, 15) is 0 Å². The highest BCUT2D eigenvalue weighted by Gasteiger charge is 2.49. The highest BCUT2D eigenvalue weighted by atomic mass is 15.2. The largest absolute Gasteiger partial charge is 0.313 e. The van der Waals surface area contributed by atoms with Gasteiger partial charge in [0, 0.05) is 78.8 Å². The molecule has 450 valence electrons. The molecule has 2 aliphatic carbocycles. The molecule has 0 amide bonds. The standard InChI is InChI=1S/C84H91BN4/c1-52-47-66-67(83(16,17)46-45-82(66,14)15)51-70(52)88-71-48-61(86(57-35-27-53(28-36-57)78(2,3)4)58-37-29-54(30-38-58)79(5,6)7)43-44-68(71)85-69-26-22-24-64-74-63-23-20-21-25-65(63)84(18,19)77(74)89(76(64)69)73-50-62(49-72(88)75(73)85)87(59-39-31-55(32-40-59)80(8,9)10)60-41-33-56(34-42-60)81(11,12)13/h20-44,47-51H,45-46H2,1-19H3. The molecule has 4 aliphatic rings. The molecule has 0 N–H and O–H groups in total. The lowest BCUT2D eigenvalue weighted by molar-refractivity contribution is 0.332. The molecular formula is C84H91BN4. The Morgan fingerprint density at radius 2 is 0.831 bits per heavy atom. The summed E-state index contributed by atoms with van der Waals surface area (Å²) in [5, 5.41) is 1.32. The van der Waals surface area contributed by atoms with Crippen molar-refractivity contribution in [3.05, 3.63) is 232 Å². The third-order valence-electron chi connectivity index (χ3n) is 21.1. The number of aryl methyl sites for hydroxylation is 1.